The number of hydrogen-bond donors (Lipinski definition) is 0. The van der Waals surface area contributed by atoms with Gasteiger partial charge in [0.05, 0.1) is 0 Å². The Morgan fingerprint density at radius 1 is 1.38 bits per heavy atom. The third-order valence-corrected chi connectivity index (χ3v) is 0.379. The summed E-state index contributed by atoms with van der Waals surface area (Å²) >= 11 is 0. The molecule has 1 nitrogen and oxygen atoms in total. The molecule has 0 saturated heterocycles. The maximum Gasteiger partial charge on any atom is 2.00 e. The van der Waals surface area contributed by atoms with Gasteiger partial charge in [-0.15, -0.1) is 23.0 Å². The van der Waals surface area contributed by atoms with Crippen molar-refractivity contribution in [2.45, 2.75) is 0 Å². The first-order valence-corrected chi connectivity index (χ1v) is 1.40. The molecule has 1 aromatic heterocycles. The van der Waals surface area contributed by atoms with E-state index < -0.39 is 0 Å². The topological polar surface area (TPSA) is 13.1 Å². The summed E-state index contributed by atoms with van der Waals surface area (Å²) in [4.78, 5) is 0. The molecule has 0 N–H and O–H groups in total. The van der Waals surface area contributed by atoms with Crippen LogP contribution in [0.2, 0.25) is 0 Å². The van der Waals surface area contributed by atoms with Crippen molar-refractivity contribution in [3.8, 4) is 0 Å². The molecule has 8 heavy (non-hydrogen) atoms. The quantitative estimate of drug-likeness (QED) is 0.395. The molecule has 0 bridgehead atoms. The average Bonchev–Trinajstić information content (AvgIpc) is 1.76. The first-order valence-electron chi connectivity index (χ1n) is 1.40. The molecule has 0 amide bonds. The van der Waals surface area contributed by atoms with Crippen LogP contribution in [-0.4, -0.2) is 23.1 Å². The van der Waals surface area contributed by atoms with Crippen molar-refractivity contribution in [2.75, 3.05) is 0 Å². The molecule has 42 valence electrons. The van der Waals surface area contributed by atoms with Gasteiger partial charge in [0.25, 0.3) is 0 Å². The smallest absolute Gasteiger partial charge is 1.00 e. The Morgan fingerprint density at radius 2 is 2.00 bits per heavy atom. The second kappa shape index (κ2) is 10.9. The molecule has 4 heteroatoms. The van der Waals surface area contributed by atoms with E-state index in [1.54, 1.807) is 18.4 Å². The van der Waals surface area contributed by atoms with Crippen LogP contribution in [0.3, 0.4) is 0 Å². The molecular weight excluding hydrogens is 248 g/mol. The van der Waals surface area contributed by atoms with E-state index in [0.29, 0.717) is 0 Å². The monoisotopic (exact) mass is 250 g/mol. The molecule has 1 rings (SSSR count). The second-order valence-corrected chi connectivity index (χ2v) is 0.731. The van der Waals surface area contributed by atoms with Gasteiger partial charge in [-0.25, -0.2) is 0 Å². The summed E-state index contributed by atoms with van der Waals surface area (Å²) in [5.41, 5.74) is 0. The third-order valence-electron chi connectivity index (χ3n) is 0.379. The normalized spacial score (nSPS) is 5.00. The fraction of sp³-hybridized carbons (Fsp3) is 0. The van der Waals surface area contributed by atoms with Gasteiger partial charge in [-0.1, -0.05) is 6.26 Å². The summed E-state index contributed by atoms with van der Waals surface area (Å²) < 4.78 is 4.46. The van der Waals surface area contributed by atoms with Crippen molar-refractivity contribution in [2.24, 2.45) is 0 Å². The zero-order chi connectivity index (χ0) is 3.54. The standard InChI is InChI=1S/C4H3O.2BrH.Mg/c1-2-4-5-3-1;;;/h1-3H;2*1H;/q-1;;;+2/p-1. The van der Waals surface area contributed by atoms with Gasteiger partial charge < -0.3 is 21.4 Å². The van der Waals surface area contributed by atoms with Gasteiger partial charge in [0, 0.05) is 0 Å². The Balaban J connectivity index is -0.0000000833. The zero-order valence-electron chi connectivity index (χ0n) is 4.13. The molecular formula is C4H4Br2MgO. The molecule has 1 aromatic rings. The van der Waals surface area contributed by atoms with Crippen molar-refractivity contribution >= 4 is 40.0 Å². The summed E-state index contributed by atoms with van der Waals surface area (Å²) in [6, 6.07) is 3.49. The Kier molecular flexibility index (Phi) is 21.8. The van der Waals surface area contributed by atoms with Crippen LogP contribution in [0.5, 0.6) is 0 Å². The largest absolute Gasteiger partial charge is 2.00 e. The van der Waals surface area contributed by atoms with Crippen molar-refractivity contribution in [3.05, 3.63) is 24.7 Å². The number of furan rings is 1. The van der Waals surface area contributed by atoms with Crippen LogP contribution in [0.1, 0.15) is 0 Å². The predicted molar refractivity (Wildman–Crippen MR) is 33.6 cm³/mol. The Morgan fingerprint density at radius 3 is 2.12 bits per heavy atom. The van der Waals surface area contributed by atoms with Crippen LogP contribution in [0.25, 0.3) is 0 Å². The Labute approximate surface area is 85.5 Å². The zero-order valence-corrected chi connectivity index (χ0v) is 8.85. The predicted octanol–water partition coefficient (Wildman–Crippen LogP) is -1.72. The van der Waals surface area contributed by atoms with E-state index in [1.165, 1.54) is 0 Å². The molecule has 0 fully saturated rings. The van der Waals surface area contributed by atoms with Crippen LogP contribution < -0.4 is 17.0 Å². The van der Waals surface area contributed by atoms with Gasteiger partial charge in [-0.05, 0) is 6.26 Å². The first-order chi connectivity index (χ1) is 2.50. The van der Waals surface area contributed by atoms with E-state index in [1.807, 2.05) is 0 Å². The summed E-state index contributed by atoms with van der Waals surface area (Å²) in [5.74, 6) is 0. The maximum absolute atomic E-state index is 4.46. The van der Waals surface area contributed by atoms with E-state index in [0.717, 1.165) is 0 Å². The van der Waals surface area contributed by atoms with Crippen molar-refractivity contribution in [1.82, 2.24) is 0 Å². The first kappa shape index (κ1) is 16.0. The molecule has 1 heterocycles. The van der Waals surface area contributed by atoms with Crippen LogP contribution in [0, 0.1) is 6.26 Å². The summed E-state index contributed by atoms with van der Waals surface area (Å²) in [7, 11) is 0. The minimum Gasteiger partial charge on any atom is -1.00 e. The van der Waals surface area contributed by atoms with Gasteiger partial charge in [-0.2, -0.15) is 6.07 Å². The molecule has 0 radical (unpaired) electrons. The summed E-state index contributed by atoms with van der Waals surface area (Å²) in [6.07, 6.45) is 4.06. The molecule has 0 aliphatic heterocycles. The van der Waals surface area contributed by atoms with Gasteiger partial charge in [-0.3, -0.25) is 0 Å². The van der Waals surface area contributed by atoms with Crippen molar-refractivity contribution in [3.63, 3.8) is 0 Å². The second-order valence-electron chi connectivity index (χ2n) is 0.731. The number of hydrogen-bond acceptors (Lipinski definition) is 1. The maximum atomic E-state index is 4.46. The minimum absolute atomic E-state index is 0. The van der Waals surface area contributed by atoms with Crippen LogP contribution >= 0.6 is 17.0 Å². The molecule has 0 spiro atoms. The Bertz CT molecular complexity index is 70.5. The van der Waals surface area contributed by atoms with Gasteiger partial charge >= 0.3 is 23.1 Å². The molecule has 0 aliphatic rings. The van der Waals surface area contributed by atoms with E-state index >= 15 is 0 Å². The molecule has 0 atom stereocenters. The fourth-order valence-electron chi connectivity index (χ4n) is 0.196. The third kappa shape index (κ3) is 7.01. The molecule has 0 aliphatic carbocycles. The van der Waals surface area contributed by atoms with Crippen LogP contribution in [0.4, 0.5) is 0 Å². The average molecular weight is 252 g/mol. The van der Waals surface area contributed by atoms with E-state index in [9.17, 15) is 0 Å². The van der Waals surface area contributed by atoms with Gasteiger partial charge in [0.15, 0.2) is 0 Å². The van der Waals surface area contributed by atoms with Crippen LogP contribution in [0.15, 0.2) is 22.8 Å². The number of rotatable bonds is 0. The van der Waals surface area contributed by atoms with E-state index in [-0.39, 0.29) is 57.0 Å². The summed E-state index contributed by atoms with van der Waals surface area (Å²) in [5, 5.41) is 0. The minimum atomic E-state index is 0. The van der Waals surface area contributed by atoms with E-state index in [2.05, 4.69) is 10.7 Å². The SMILES string of the molecule is Br.[Br-].[Mg+2].[c-]1ccco1. The van der Waals surface area contributed by atoms with Gasteiger partial charge in [0.1, 0.15) is 0 Å². The van der Waals surface area contributed by atoms with E-state index in [4.69, 9.17) is 0 Å². The Hall–Kier alpha value is 1.01. The fourth-order valence-corrected chi connectivity index (χ4v) is 0.196. The molecule has 0 saturated carbocycles. The van der Waals surface area contributed by atoms with Crippen molar-refractivity contribution in [1.29, 1.82) is 0 Å². The van der Waals surface area contributed by atoms with Crippen molar-refractivity contribution < 1.29 is 21.4 Å². The van der Waals surface area contributed by atoms with Gasteiger partial charge in [0.2, 0.25) is 0 Å². The molecule has 0 aromatic carbocycles. The van der Waals surface area contributed by atoms with Crippen LogP contribution in [-0.2, 0) is 0 Å². The number of halogens is 2. The molecule has 0 unspecified atom stereocenters. The summed E-state index contributed by atoms with van der Waals surface area (Å²) in [6.45, 7) is 0.